The van der Waals surface area contributed by atoms with E-state index in [2.05, 4.69) is 5.32 Å². The van der Waals surface area contributed by atoms with Gasteiger partial charge in [-0.1, -0.05) is 11.6 Å². The van der Waals surface area contributed by atoms with Crippen LogP contribution in [0.3, 0.4) is 0 Å². The Morgan fingerprint density at radius 3 is 2.61 bits per heavy atom. The van der Waals surface area contributed by atoms with E-state index in [-0.39, 0.29) is 31.7 Å². The number of nitrogens with one attached hydrogen (secondary N) is 1. The summed E-state index contributed by atoms with van der Waals surface area (Å²) in [7, 11) is 0. The molecule has 2 aliphatic rings. The first kappa shape index (κ1) is 17.8. The summed E-state index contributed by atoms with van der Waals surface area (Å²) in [5, 5.41) is 2.63. The number of carbonyl (C=O) groups excluding carboxylic acids is 2. The molecule has 2 rings (SSSR count). The van der Waals surface area contributed by atoms with E-state index in [1.165, 1.54) is 6.92 Å². The van der Waals surface area contributed by atoms with Gasteiger partial charge < -0.3 is 10.2 Å². The fourth-order valence-corrected chi connectivity index (χ4v) is 3.35. The van der Waals surface area contributed by atoms with Crippen LogP contribution in [0.2, 0.25) is 0 Å². The van der Waals surface area contributed by atoms with Gasteiger partial charge in [0, 0.05) is 25.9 Å². The van der Waals surface area contributed by atoms with Crippen molar-refractivity contribution < 1.29 is 22.8 Å². The van der Waals surface area contributed by atoms with Crippen LogP contribution in [-0.4, -0.2) is 41.5 Å². The number of halogens is 3. The van der Waals surface area contributed by atoms with E-state index in [4.69, 9.17) is 0 Å². The zero-order valence-electron chi connectivity index (χ0n) is 13.3. The first-order valence-electron chi connectivity index (χ1n) is 8.08. The smallest absolute Gasteiger partial charge is 0.352 e. The van der Waals surface area contributed by atoms with Gasteiger partial charge in [-0.2, -0.15) is 13.2 Å². The minimum absolute atomic E-state index is 0.0549. The Morgan fingerprint density at radius 2 is 2.04 bits per heavy atom. The molecular formula is C16H23F3N2O2. The number of likely N-dealkylation sites (tertiary alicyclic amines) is 1. The Morgan fingerprint density at radius 1 is 1.30 bits per heavy atom. The molecule has 1 saturated heterocycles. The summed E-state index contributed by atoms with van der Waals surface area (Å²) in [5.41, 5.74) is 0.934. The molecule has 0 spiro atoms. The predicted octanol–water partition coefficient (Wildman–Crippen LogP) is 2.93. The second-order valence-electron chi connectivity index (χ2n) is 6.36. The number of nitrogens with zero attached hydrogens (tertiary/aromatic N) is 1. The number of carbonyl (C=O) groups is 2. The number of amides is 2. The van der Waals surface area contributed by atoms with Gasteiger partial charge >= 0.3 is 6.18 Å². The zero-order chi connectivity index (χ0) is 17.0. The van der Waals surface area contributed by atoms with Crippen LogP contribution in [0.5, 0.6) is 0 Å². The van der Waals surface area contributed by atoms with Crippen molar-refractivity contribution in [2.45, 2.75) is 70.1 Å². The molecule has 4 nitrogen and oxygen atoms in total. The Kier molecular flexibility index (Phi) is 5.70. The van der Waals surface area contributed by atoms with Crippen molar-refractivity contribution in [1.29, 1.82) is 0 Å². The van der Waals surface area contributed by atoms with Gasteiger partial charge in [0.1, 0.15) is 6.04 Å². The van der Waals surface area contributed by atoms with Gasteiger partial charge in [-0.3, -0.25) is 9.59 Å². The van der Waals surface area contributed by atoms with Crippen molar-refractivity contribution in [2.24, 2.45) is 0 Å². The molecule has 0 bridgehead atoms. The van der Waals surface area contributed by atoms with E-state index in [1.807, 2.05) is 6.08 Å². The number of piperidine rings is 1. The van der Waals surface area contributed by atoms with E-state index < -0.39 is 24.2 Å². The fourth-order valence-electron chi connectivity index (χ4n) is 3.35. The largest absolute Gasteiger partial charge is 0.408 e. The molecule has 1 N–H and O–H groups in total. The normalized spacial score (nSPS) is 25.7. The summed E-state index contributed by atoms with van der Waals surface area (Å²) < 4.78 is 39.7. The average molecular weight is 332 g/mol. The first-order chi connectivity index (χ1) is 10.8. The van der Waals surface area contributed by atoms with Gasteiger partial charge in [-0.15, -0.1) is 0 Å². The molecule has 0 radical (unpaired) electrons. The SMILES string of the molecule is CC(=O)N[C@@H]1CC[C@H](C(F)(F)F)N(C(=O)CC2=CCCCC2)C1. The van der Waals surface area contributed by atoms with E-state index in [9.17, 15) is 22.8 Å². The zero-order valence-corrected chi connectivity index (χ0v) is 13.3. The third-order valence-electron chi connectivity index (χ3n) is 4.45. The number of hydrogen-bond donors (Lipinski definition) is 1. The molecule has 0 aromatic carbocycles. The van der Waals surface area contributed by atoms with Crippen molar-refractivity contribution in [3.8, 4) is 0 Å². The quantitative estimate of drug-likeness (QED) is 0.808. The summed E-state index contributed by atoms with van der Waals surface area (Å²) in [6.07, 6.45) is 1.38. The lowest BCUT2D eigenvalue weighted by atomic mass is 9.94. The van der Waals surface area contributed by atoms with Crippen LogP contribution < -0.4 is 5.32 Å². The van der Waals surface area contributed by atoms with Crippen LogP contribution in [0.4, 0.5) is 13.2 Å². The van der Waals surface area contributed by atoms with E-state index in [0.717, 1.165) is 36.2 Å². The summed E-state index contributed by atoms with van der Waals surface area (Å²) in [4.78, 5) is 24.5. The first-order valence-corrected chi connectivity index (χ1v) is 8.08. The Balaban J connectivity index is 2.08. The van der Waals surface area contributed by atoms with Crippen molar-refractivity contribution in [2.75, 3.05) is 6.54 Å². The molecule has 0 saturated carbocycles. The van der Waals surface area contributed by atoms with Crippen molar-refractivity contribution in [1.82, 2.24) is 10.2 Å². The summed E-state index contributed by atoms with van der Waals surface area (Å²) >= 11 is 0. The second-order valence-corrected chi connectivity index (χ2v) is 6.36. The molecule has 2 atom stereocenters. The third kappa shape index (κ3) is 4.97. The van der Waals surface area contributed by atoms with Crippen LogP contribution >= 0.6 is 0 Å². The van der Waals surface area contributed by atoms with Crippen LogP contribution in [-0.2, 0) is 9.59 Å². The van der Waals surface area contributed by atoms with Crippen molar-refractivity contribution in [3.63, 3.8) is 0 Å². The van der Waals surface area contributed by atoms with E-state index in [0.29, 0.717) is 0 Å². The standard InChI is InChI=1S/C16H23F3N2O2/c1-11(22)20-13-7-8-14(16(17,18)19)21(10-13)15(23)9-12-5-3-2-4-6-12/h5,13-14H,2-4,6-10H2,1H3,(H,20,22)/t13-,14-/m1/s1. The number of allylic oxidation sites excluding steroid dienone is 1. The maximum atomic E-state index is 13.2. The third-order valence-corrected chi connectivity index (χ3v) is 4.45. The van der Waals surface area contributed by atoms with Crippen LogP contribution in [0, 0.1) is 0 Å². The molecule has 1 aliphatic carbocycles. The fraction of sp³-hybridized carbons (Fsp3) is 0.750. The molecule has 7 heteroatoms. The summed E-state index contributed by atoms with van der Waals surface area (Å²) in [6, 6.07) is -2.15. The van der Waals surface area contributed by atoms with Gasteiger partial charge in [0.2, 0.25) is 11.8 Å². The van der Waals surface area contributed by atoms with Gasteiger partial charge in [-0.05, 0) is 38.5 Å². The van der Waals surface area contributed by atoms with Crippen LogP contribution in [0.25, 0.3) is 0 Å². The summed E-state index contributed by atoms with van der Waals surface area (Å²) in [6.45, 7) is 1.25. The van der Waals surface area contributed by atoms with E-state index >= 15 is 0 Å². The molecule has 0 unspecified atom stereocenters. The number of hydrogen-bond acceptors (Lipinski definition) is 2. The highest BCUT2D eigenvalue weighted by molar-refractivity contribution is 5.79. The Bertz CT molecular complexity index is 488. The molecule has 130 valence electrons. The predicted molar refractivity (Wildman–Crippen MR) is 79.6 cm³/mol. The van der Waals surface area contributed by atoms with Gasteiger partial charge in [-0.25, -0.2) is 0 Å². The van der Waals surface area contributed by atoms with Gasteiger partial charge in [0.15, 0.2) is 0 Å². The molecular weight excluding hydrogens is 309 g/mol. The Hall–Kier alpha value is -1.53. The average Bonchev–Trinajstić information content (AvgIpc) is 2.46. The molecule has 0 aromatic heterocycles. The lowest BCUT2D eigenvalue weighted by Crippen LogP contribution is -2.58. The van der Waals surface area contributed by atoms with Crippen LogP contribution in [0.15, 0.2) is 11.6 Å². The molecule has 1 heterocycles. The topological polar surface area (TPSA) is 49.4 Å². The molecule has 2 amide bonds. The second kappa shape index (κ2) is 7.36. The molecule has 1 fully saturated rings. The minimum atomic E-state index is -4.43. The Labute approximate surface area is 134 Å². The molecule has 23 heavy (non-hydrogen) atoms. The highest BCUT2D eigenvalue weighted by Crippen LogP contribution is 2.33. The van der Waals surface area contributed by atoms with Crippen molar-refractivity contribution in [3.05, 3.63) is 11.6 Å². The van der Waals surface area contributed by atoms with Gasteiger partial charge in [0.25, 0.3) is 0 Å². The van der Waals surface area contributed by atoms with Gasteiger partial charge in [0.05, 0.1) is 0 Å². The number of rotatable bonds is 3. The van der Waals surface area contributed by atoms with Crippen molar-refractivity contribution >= 4 is 11.8 Å². The van der Waals surface area contributed by atoms with E-state index in [1.54, 1.807) is 0 Å². The highest BCUT2D eigenvalue weighted by Gasteiger charge is 2.48. The monoisotopic (exact) mass is 332 g/mol. The molecule has 0 aromatic rings. The minimum Gasteiger partial charge on any atom is -0.352 e. The summed E-state index contributed by atoms with van der Waals surface area (Å²) in [5.74, 6) is -0.779. The maximum Gasteiger partial charge on any atom is 0.408 e. The lowest BCUT2D eigenvalue weighted by molar-refractivity contribution is -0.197. The number of alkyl halides is 3. The highest BCUT2D eigenvalue weighted by atomic mass is 19.4. The lowest BCUT2D eigenvalue weighted by Gasteiger charge is -2.40. The maximum absolute atomic E-state index is 13.2. The molecule has 1 aliphatic heterocycles. The van der Waals surface area contributed by atoms with Crippen LogP contribution in [0.1, 0.15) is 51.9 Å².